The maximum atomic E-state index is 6.37. The number of nitrogens with zero attached hydrogens (tertiary/aromatic N) is 3. The number of benzene rings is 7. The molecule has 0 aliphatic carbocycles. The molecule has 10 aromatic rings. The lowest BCUT2D eigenvalue weighted by Crippen LogP contribution is -2.01. The Bertz CT molecular complexity index is 2850. The number of para-hydroxylation sites is 1. The zero-order valence-corrected chi connectivity index (χ0v) is 26.7. The number of hydrogen-bond acceptors (Lipinski definition) is 5. The SMILES string of the molecule is c1ccc(-c2ccc(-c3nc(-c4ccc5oc6cc7c(cc6c5c4)oc4ccccc47)nc(-c4ccccc4-c4ccccc4)n3)cc2)cc1. The quantitative estimate of drug-likeness (QED) is 0.187. The minimum atomic E-state index is 0.584. The Labute approximate surface area is 287 Å². The molecule has 0 fully saturated rings. The normalized spacial score (nSPS) is 11.6. The monoisotopic (exact) mass is 641 g/mol. The highest BCUT2D eigenvalue weighted by atomic mass is 16.3. The average Bonchev–Trinajstić information content (AvgIpc) is 3.74. The van der Waals surface area contributed by atoms with Crippen LogP contribution in [-0.2, 0) is 0 Å². The lowest BCUT2D eigenvalue weighted by atomic mass is 9.99. The predicted octanol–water partition coefficient (Wildman–Crippen LogP) is 12.0. The molecular weight excluding hydrogens is 615 g/mol. The van der Waals surface area contributed by atoms with Crippen molar-refractivity contribution in [1.82, 2.24) is 15.0 Å². The fourth-order valence-corrected chi connectivity index (χ4v) is 6.88. The Kier molecular flexibility index (Phi) is 6.42. The summed E-state index contributed by atoms with van der Waals surface area (Å²) in [6, 6.07) is 55.8. The second-order valence-corrected chi connectivity index (χ2v) is 12.4. The summed E-state index contributed by atoms with van der Waals surface area (Å²) in [5, 5.41) is 4.06. The van der Waals surface area contributed by atoms with Gasteiger partial charge in [0.2, 0.25) is 0 Å². The van der Waals surface area contributed by atoms with Crippen LogP contribution in [0.4, 0.5) is 0 Å². The second kappa shape index (κ2) is 11.4. The third-order valence-electron chi connectivity index (χ3n) is 9.37. The first kappa shape index (κ1) is 28.2. The van der Waals surface area contributed by atoms with Crippen LogP contribution in [0.5, 0.6) is 0 Å². The number of fused-ring (bicyclic) bond motifs is 6. The summed E-state index contributed by atoms with van der Waals surface area (Å²) >= 11 is 0. The largest absolute Gasteiger partial charge is 0.456 e. The molecule has 3 aromatic heterocycles. The molecular formula is C45H27N3O2. The van der Waals surface area contributed by atoms with Crippen molar-refractivity contribution in [2.75, 3.05) is 0 Å². The molecule has 3 heterocycles. The smallest absolute Gasteiger partial charge is 0.164 e. The van der Waals surface area contributed by atoms with Gasteiger partial charge < -0.3 is 8.83 Å². The number of aromatic nitrogens is 3. The summed E-state index contributed by atoms with van der Waals surface area (Å²) in [5.41, 5.74) is 10.5. The van der Waals surface area contributed by atoms with Crippen LogP contribution >= 0.6 is 0 Å². The lowest BCUT2D eigenvalue weighted by molar-refractivity contribution is 0.664. The molecule has 5 heteroatoms. The molecule has 0 bridgehead atoms. The highest BCUT2D eigenvalue weighted by molar-refractivity contribution is 6.15. The van der Waals surface area contributed by atoms with Crippen molar-refractivity contribution in [1.29, 1.82) is 0 Å². The minimum Gasteiger partial charge on any atom is -0.456 e. The zero-order chi connectivity index (χ0) is 33.0. The van der Waals surface area contributed by atoms with E-state index in [1.54, 1.807) is 0 Å². The number of rotatable bonds is 5. The van der Waals surface area contributed by atoms with Gasteiger partial charge in [-0.2, -0.15) is 0 Å². The van der Waals surface area contributed by atoms with E-state index in [0.29, 0.717) is 17.5 Å². The third-order valence-corrected chi connectivity index (χ3v) is 9.37. The van der Waals surface area contributed by atoms with E-state index >= 15 is 0 Å². The van der Waals surface area contributed by atoms with Gasteiger partial charge in [0.15, 0.2) is 17.5 Å². The molecule has 0 amide bonds. The molecule has 7 aromatic carbocycles. The summed E-state index contributed by atoms with van der Waals surface area (Å²) < 4.78 is 12.6. The topological polar surface area (TPSA) is 65.0 Å². The van der Waals surface area contributed by atoms with Crippen LogP contribution in [0, 0.1) is 0 Å². The first-order valence-electron chi connectivity index (χ1n) is 16.6. The zero-order valence-electron chi connectivity index (χ0n) is 26.7. The summed E-state index contributed by atoms with van der Waals surface area (Å²) in [6.45, 7) is 0. The summed E-state index contributed by atoms with van der Waals surface area (Å²) in [4.78, 5) is 15.3. The van der Waals surface area contributed by atoms with E-state index in [1.807, 2.05) is 66.7 Å². The Morgan fingerprint density at radius 1 is 0.280 bits per heavy atom. The summed E-state index contributed by atoms with van der Waals surface area (Å²) in [6.07, 6.45) is 0. The van der Waals surface area contributed by atoms with Gasteiger partial charge in [0, 0.05) is 38.2 Å². The molecule has 0 atom stereocenters. The van der Waals surface area contributed by atoms with Crippen LogP contribution in [0.3, 0.4) is 0 Å². The molecule has 0 spiro atoms. The van der Waals surface area contributed by atoms with Crippen molar-refractivity contribution in [3.63, 3.8) is 0 Å². The van der Waals surface area contributed by atoms with E-state index in [2.05, 4.69) is 97.1 Å². The van der Waals surface area contributed by atoms with Crippen molar-refractivity contribution in [3.8, 4) is 56.4 Å². The van der Waals surface area contributed by atoms with E-state index in [1.165, 1.54) is 0 Å². The highest BCUT2D eigenvalue weighted by Gasteiger charge is 2.18. The van der Waals surface area contributed by atoms with E-state index < -0.39 is 0 Å². The van der Waals surface area contributed by atoms with Crippen molar-refractivity contribution in [2.45, 2.75) is 0 Å². The molecule has 0 aliphatic rings. The second-order valence-electron chi connectivity index (χ2n) is 12.4. The van der Waals surface area contributed by atoms with Gasteiger partial charge in [0.1, 0.15) is 22.3 Å². The van der Waals surface area contributed by atoms with Gasteiger partial charge in [-0.3, -0.25) is 0 Å². The fourth-order valence-electron chi connectivity index (χ4n) is 6.88. The van der Waals surface area contributed by atoms with Gasteiger partial charge in [-0.25, -0.2) is 15.0 Å². The molecule has 0 saturated heterocycles. The van der Waals surface area contributed by atoms with Crippen molar-refractivity contribution >= 4 is 43.9 Å². The van der Waals surface area contributed by atoms with Gasteiger partial charge >= 0.3 is 0 Å². The Morgan fingerprint density at radius 3 is 1.50 bits per heavy atom. The molecule has 10 rings (SSSR count). The van der Waals surface area contributed by atoms with Crippen LogP contribution in [0.2, 0.25) is 0 Å². The Balaban J connectivity index is 1.15. The standard InChI is InChI=1S/C45H27N3O2/c1-3-11-28(12-4-1)29-19-21-31(22-20-29)43-46-44(48-45(47-43)35-17-8-7-15-33(35)30-13-5-2-6-14-30)32-23-24-40-36(25-32)38-27-41-37(26-42(38)50-40)34-16-9-10-18-39(34)49-41/h1-27H. The van der Waals surface area contributed by atoms with Gasteiger partial charge in [0.25, 0.3) is 0 Å². The van der Waals surface area contributed by atoms with Crippen LogP contribution in [-0.4, -0.2) is 15.0 Å². The van der Waals surface area contributed by atoms with Gasteiger partial charge in [-0.05, 0) is 58.7 Å². The molecule has 0 radical (unpaired) electrons. The Morgan fingerprint density at radius 2 is 0.760 bits per heavy atom. The molecule has 0 N–H and O–H groups in total. The fraction of sp³-hybridized carbons (Fsp3) is 0. The average molecular weight is 642 g/mol. The maximum absolute atomic E-state index is 6.37. The predicted molar refractivity (Wildman–Crippen MR) is 202 cm³/mol. The van der Waals surface area contributed by atoms with Gasteiger partial charge in [0.05, 0.1) is 0 Å². The van der Waals surface area contributed by atoms with Crippen LogP contribution in [0.25, 0.3) is 100 Å². The first-order valence-corrected chi connectivity index (χ1v) is 16.6. The molecule has 234 valence electrons. The molecule has 0 saturated carbocycles. The maximum Gasteiger partial charge on any atom is 0.164 e. The first-order chi connectivity index (χ1) is 24.7. The minimum absolute atomic E-state index is 0.584. The molecule has 0 aliphatic heterocycles. The van der Waals surface area contributed by atoms with Crippen LogP contribution in [0.15, 0.2) is 173 Å². The summed E-state index contributed by atoms with van der Waals surface area (Å²) in [7, 11) is 0. The number of hydrogen-bond donors (Lipinski definition) is 0. The molecule has 0 unspecified atom stereocenters. The third kappa shape index (κ3) is 4.75. The van der Waals surface area contributed by atoms with Crippen molar-refractivity contribution in [2.24, 2.45) is 0 Å². The van der Waals surface area contributed by atoms with E-state index in [0.717, 1.165) is 82.8 Å². The summed E-state index contributed by atoms with van der Waals surface area (Å²) in [5.74, 6) is 1.80. The lowest BCUT2D eigenvalue weighted by Gasteiger charge is -2.12. The number of furan rings is 2. The molecule has 50 heavy (non-hydrogen) atoms. The highest BCUT2D eigenvalue weighted by Crippen LogP contribution is 2.38. The van der Waals surface area contributed by atoms with E-state index in [4.69, 9.17) is 23.8 Å². The van der Waals surface area contributed by atoms with Crippen LogP contribution in [0.1, 0.15) is 0 Å². The van der Waals surface area contributed by atoms with Gasteiger partial charge in [-0.15, -0.1) is 0 Å². The molecule has 5 nitrogen and oxygen atoms in total. The van der Waals surface area contributed by atoms with Crippen LogP contribution < -0.4 is 0 Å². The van der Waals surface area contributed by atoms with Gasteiger partial charge in [-0.1, -0.05) is 127 Å². The van der Waals surface area contributed by atoms with Crippen molar-refractivity contribution in [3.05, 3.63) is 164 Å². The Hall–Kier alpha value is -6.85. The van der Waals surface area contributed by atoms with E-state index in [9.17, 15) is 0 Å². The van der Waals surface area contributed by atoms with Crippen molar-refractivity contribution < 1.29 is 8.83 Å². The van der Waals surface area contributed by atoms with E-state index in [-0.39, 0.29) is 0 Å².